The van der Waals surface area contributed by atoms with Crippen LogP contribution in [0.4, 0.5) is 0 Å². The van der Waals surface area contributed by atoms with Gasteiger partial charge in [-0.05, 0) is 130 Å². The Balaban J connectivity index is 1.18. The van der Waals surface area contributed by atoms with Crippen LogP contribution in [0.15, 0.2) is 23.8 Å². The zero-order chi connectivity index (χ0) is 40.6. The van der Waals surface area contributed by atoms with Gasteiger partial charge in [0.15, 0.2) is 0 Å². The largest absolute Gasteiger partial charge is 0.469 e. The molecule has 7 nitrogen and oxygen atoms in total. The number of hydrogen-bond acceptors (Lipinski definition) is 5. The van der Waals surface area contributed by atoms with Crippen molar-refractivity contribution in [1.82, 2.24) is 0 Å². The summed E-state index contributed by atoms with van der Waals surface area (Å²) in [6.07, 6.45) is 35.9. The molecule has 324 valence electrons. The van der Waals surface area contributed by atoms with Gasteiger partial charge >= 0.3 is 13.8 Å². The molecule has 0 aliphatic heterocycles. The van der Waals surface area contributed by atoms with Gasteiger partial charge in [0, 0.05) is 6.42 Å². The Hall–Kier alpha value is -0.980. The van der Waals surface area contributed by atoms with E-state index in [1.54, 1.807) is 5.57 Å². The lowest BCUT2D eigenvalue weighted by molar-refractivity contribution is -0.156. The number of rotatable bonds is 27. The van der Waals surface area contributed by atoms with E-state index in [1.807, 2.05) is 0 Å². The van der Waals surface area contributed by atoms with Gasteiger partial charge in [-0.15, -0.1) is 0 Å². The van der Waals surface area contributed by atoms with Crippen LogP contribution in [0.25, 0.3) is 0 Å². The Morgan fingerprint density at radius 2 is 1.52 bits per heavy atom. The van der Waals surface area contributed by atoms with Gasteiger partial charge in [-0.1, -0.05) is 136 Å². The van der Waals surface area contributed by atoms with E-state index < -0.39 is 13.9 Å². The van der Waals surface area contributed by atoms with Crippen LogP contribution in [0.3, 0.4) is 0 Å². The SMILES string of the molecule is CCCCCCCCC=CCCCCCCCC(=O)OC(COC1CC[C@@]2(C)C(=CCC3C2CC[C@@]2(C)C3CC[C@@H]2[C@H](C)CCCC(C)C)C1)COP(=O)(O)O. The number of phosphoric ester groups is 1. The third-order valence-corrected chi connectivity index (χ3v) is 15.6. The molecule has 0 heterocycles. The minimum atomic E-state index is -4.71. The average molecular weight is 805 g/mol. The summed E-state index contributed by atoms with van der Waals surface area (Å²) in [6, 6.07) is 0. The molecule has 4 aliphatic carbocycles. The highest BCUT2D eigenvalue weighted by Crippen LogP contribution is 2.67. The summed E-state index contributed by atoms with van der Waals surface area (Å²) in [6.45, 7) is 14.4. The van der Waals surface area contributed by atoms with Gasteiger partial charge in [-0.25, -0.2) is 4.57 Å². The Morgan fingerprint density at radius 1 is 0.839 bits per heavy atom. The van der Waals surface area contributed by atoms with E-state index in [-0.39, 0.29) is 30.7 Å². The van der Waals surface area contributed by atoms with E-state index in [1.165, 1.54) is 103 Å². The number of fused-ring (bicyclic) bond motifs is 5. The van der Waals surface area contributed by atoms with Gasteiger partial charge in [0.1, 0.15) is 6.10 Å². The summed E-state index contributed by atoms with van der Waals surface area (Å²) >= 11 is 0. The van der Waals surface area contributed by atoms with Crippen LogP contribution < -0.4 is 0 Å². The zero-order valence-corrected chi connectivity index (χ0v) is 37.7. The second-order valence-electron chi connectivity index (χ2n) is 19.7. The van der Waals surface area contributed by atoms with E-state index in [9.17, 15) is 19.1 Å². The Morgan fingerprint density at radius 3 is 2.20 bits per heavy atom. The first-order chi connectivity index (χ1) is 26.8. The number of unbranched alkanes of at least 4 members (excludes halogenated alkanes) is 11. The molecule has 0 aromatic carbocycles. The van der Waals surface area contributed by atoms with Crippen LogP contribution in [0.1, 0.15) is 202 Å². The topological polar surface area (TPSA) is 102 Å². The molecule has 56 heavy (non-hydrogen) atoms. The number of carbonyl (C=O) groups excluding carboxylic acids is 1. The molecular formula is C48H85O7P. The maximum absolute atomic E-state index is 12.8. The van der Waals surface area contributed by atoms with Crippen LogP contribution in [-0.2, 0) is 23.4 Å². The van der Waals surface area contributed by atoms with E-state index in [0.29, 0.717) is 11.8 Å². The summed E-state index contributed by atoms with van der Waals surface area (Å²) in [4.78, 5) is 31.6. The Bertz CT molecular complexity index is 1260. The van der Waals surface area contributed by atoms with Crippen LogP contribution in [-0.4, -0.2) is 41.2 Å². The highest BCUT2D eigenvalue weighted by molar-refractivity contribution is 7.46. The molecule has 0 aromatic rings. The number of allylic oxidation sites excluding steroid dienone is 3. The van der Waals surface area contributed by atoms with Crippen molar-refractivity contribution in [3.8, 4) is 0 Å². The van der Waals surface area contributed by atoms with Crippen molar-refractivity contribution in [2.75, 3.05) is 13.2 Å². The van der Waals surface area contributed by atoms with Gasteiger partial charge in [-0.2, -0.15) is 0 Å². The van der Waals surface area contributed by atoms with Crippen LogP contribution >= 0.6 is 7.82 Å². The first-order valence-corrected chi connectivity index (χ1v) is 25.2. The fourth-order valence-electron chi connectivity index (χ4n) is 11.9. The number of hydrogen-bond donors (Lipinski definition) is 2. The van der Waals surface area contributed by atoms with Crippen LogP contribution in [0, 0.1) is 46.3 Å². The molecule has 5 unspecified atom stereocenters. The normalized spacial score (nSPS) is 30.2. The molecule has 0 bridgehead atoms. The van der Waals surface area contributed by atoms with Crippen molar-refractivity contribution in [2.45, 2.75) is 214 Å². The van der Waals surface area contributed by atoms with Gasteiger partial charge in [-0.3, -0.25) is 9.32 Å². The monoisotopic (exact) mass is 805 g/mol. The van der Waals surface area contributed by atoms with Gasteiger partial charge < -0.3 is 19.3 Å². The Kier molecular flexibility index (Phi) is 20.2. The van der Waals surface area contributed by atoms with Crippen LogP contribution in [0.5, 0.6) is 0 Å². The van der Waals surface area contributed by atoms with E-state index in [4.69, 9.17) is 14.0 Å². The molecule has 2 N–H and O–H groups in total. The third kappa shape index (κ3) is 14.6. The van der Waals surface area contributed by atoms with E-state index in [2.05, 4.69) is 59.8 Å². The number of esters is 1. The standard InChI is InChI=1S/C48H85O7P/c1-7-8-9-10-11-12-13-14-15-16-17-18-19-20-21-25-46(49)55-41(36-54-56(50,51)52)35-53-40-30-32-47(5)39(34-40)26-27-42-44-29-28-43(38(4)24-22-23-37(2)3)48(44,6)33-31-45(42)47/h14-15,26,37-38,40-45H,7-13,16-25,27-36H2,1-6H3,(H2,50,51,52)/t38-,40?,41?,42?,43-,44?,45?,47+,48-/m1/s1. The van der Waals surface area contributed by atoms with Gasteiger partial charge in [0.2, 0.25) is 0 Å². The summed E-state index contributed by atoms with van der Waals surface area (Å²) in [7, 11) is -4.71. The van der Waals surface area contributed by atoms with Crippen molar-refractivity contribution in [3.05, 3.63) is 23.8 Å². The first kappa shape index (κ1) is 47.7. The average Bonchev–Trinajstić information content (AvgIpc) is 3.51. The fourth-order valence-corrected chi connectivity index (χ4v) is 12.3. The third-order valence-electron chi connectivity index (χ3n) is 15.1. The molecule has 3 fully saturated rings. The number of phosphoric acid groups is 1. The van der Waals surface area contributed by atoms with Crippen molar-refractivity contribution >= 4 is 13.8 Å². The second-order valence-corrected chi connectivity index (χ2v) is 21.0. The van der Waals surface area contributed by atoms with Crippen LogP contribution in [0.2, 0.25) is 0 Å². The van der Waals surface area contributed by atoms with E-state index in [0.717, 1.165) is 86.9 Å². The van der Waals surface area contributed by atoms with Crippen molar-refractivity contribution in [1.29, 1.82) is 0 Å². The first-order valence-electron chi connectivity index (χ1n) is 23.6. The summed E-state index contributed by atoms with van der Waals surface area (Å²) in [5.74, 6) is 4.47. The van der Waals surface area contributed by atoms with E-state index >= 15 is 0 Å². The predicted octanol–water partition coefficient (Wildman–Crippen LogP) is 13.5. The molecule has 3 saturated carbocycles. The maximum atomic E-state index is 12.8. The highest BCUT2D eigenvalue weighted by Gasteiger charge is 2.59. The van der Waals surface area contributed by atoms with Crippen molar-refractivity contribution in [2.24, 2.45) is 46.3 Å². The molecule has 0 aromatic heterocycles. The lowest BCUT2D eigenvalue weighted by Gasteiger charge is -2.58. The zero-order valence-electron chi connectivity index (χ0n) is 36.8. The Labute approximate surface area is 343 Å². The molecule has 8 heteroatoms. The van der Waals surface area contributed by atoms with Gasteiger partial charge in [0.05, 0.1) is 19.3 Å². The maximum Gasteiger partial charge on any atom is 0.469 e. The van der Waals surface area contributed by atoms with Gasteiger partial charge in [0.25, 0.3) is 0 Å². The molecule has 0 saturated heterocycles. The molecule has 4 aliphatic rings. The quantitative estimate of drug-likeness (QED) is 0.0369. The van der Waals surface area contributed by atoms with Crippen molar-refractivity contribution in [3.63, 3.8) is 0 Å². The fraction of sp³-hybridized carbons (Fsp3) is 0.896. The minimum absolute atomic E-state index is 0.00364. The number of ether oxygens (including phenoxy) is 2. The minimum Gasteiger partial charge on any atom is -0.457 e. The summed E-state index contributed by atoms with van der Waals surface area (Å²) in [5.41, 5.74) is 2.23. The summed E-state index contributed by atoms with van der Waals surface area (Å²) in [5, 5.41) is 0. The van der Waals surface area contributed by atoms with Crippen molar-refractivity contribution < 1.29 is 33.1 Å². The molecule has 0 amide bonds. The molecule has 0 radical (unpaired) electrons. The molecule has 9 atom stereocenters. The molecular weight excluding hydrogens is 719 g/mol. The summed E-state index contributed by atoms with van der Waals surface area (Å²) < 4.78 is 28.5. The lowest BCUT2D eigenvalue weighted by Crippen LogP contribution is -2.51. The predicted molar refractivity (Wildman–Crippen MR) is 230 cm³/mol. The second kappa shape index (κ2) is 23.7. The molecule has 4 rings (SSSR count). The smallest absolute Gasteiger partial charge is 0.457 e. The number of carbonyl (C=O) groups is 1. The lowest BCUT2D eigenvalue weighted by atomic mass is 9.47. The molecule has 0 spiro atoms. The highest BCUT2D eigenvalue weighted by atomic mass is 31.2.